The first-order valence-electron chi connectivity index (χ1n) is 6.91. The fourth-order valence-corrected chi connectivity index (χ4v) is 2.31. The number of hydrazone groups is 1. The van der Waals surface area contributed by atoms with Crippen LogP contribution in [0.15, 0.2) is 43.4 Å². The van der Waals surface area contributed by atoms with Crippen molar-refractivity contribution in [3.8, 4) is 5.75 Å². The van der Waals surface area contributed by atoms with E-state index in [1.54, 1.807) is 13.3 Å². The SMILES string of the molecule is CCN(/N=C/c1cc(Br)ccc1OC)c1cc(=O)n(C)c(=O)[nH]1. The molecule has 7 nitrogen and oxygen atoms in total. The van der Waals surface area contributed by atoms with Crippen LogP contribution in [0.1, 0.15) is 12.5 Å². The van der Waals surface area contributed by atoms with E-state index in [0.29, 0.717) is 18.1 Å². The molecule has 0 aliphatic rings. The molecule has 0 spiro atoms. The predicted molar refractivity (Wildman–Crippen MR) is 93.6 cm³/mol. The molecule has 0 saturated heterocycles. The highest BCUT2D eigenvalue weighted by Gasteiger charge is 2.08. The number of rotatable bonds is 5. The average molecular weight is 381 g/mol. The van der Waals surface area contributed by atoms with E-state index in [2.05, 4.69) is 26.0 Å². The van der Waals surface area contributed by atoms with E-state index in [9.17, 15) is 9.59 Å². The fraction of sp³-hybridized carbons (Fsp3) is 0.267. The van der Waals surface area contributed by atoms with E-state index < -0.39 is 11.2 Å². The van der Waals surface area contributed by atoms with Crippen LogP contribution in [0.2, 0.25) is 0 Å². The lowest BCUT2D eigenvalue weighted by atomic mass is 10.2. The van der Waals surface area contributed by atoms with Gasteiger partial charge >= 0.3 is 5.69 Å². The summed E-state index contributed by atoms with van der Waals surface area (Å²) >= 11 is 3.40. The summed E-state index contributed by atoms with van der Waals surface area (Å²) in [7, 11) is 2.99. The number of nitrogens with zero attached hydrogens (tertiary/aromatic N) is 3. The highest BCUT2D eigenvalue weighted by atomic mass is 79.9. The van der Waals surface area contributed by atoms with Crippen molar-refractivity contribution in [3.63, 3.8) is 0 Å². The van der Waals surface area contributed by atoms with Gasteiger partial charge in [0.1, 0.15) is 11.6 Å². The van der Waals surface area contributed by atoms with E-state index in [-0.39, 0.29) is 0 Å². The molecule has 0 bridgehead atoms. The number of aromatic amines is 1. The molecule has 1 N–H and O–H groups in total. The number of hydrogen-bond acceptors (Lipinski definition) is 5. The lowest BCUT2D eigenvalue weighted by Gasteiger charge is -2.16. The van der Waals surface area contributed by atoms with Crippen LogP contribution in [0, 0.1) is 0 Å². The van der Waals surface area contributed by atoms with Crippen LogP contribution in [0.4, 0.5) is 5.82 Å². The third kappa shape index (κ3) is 3.89. The van der Waals surface area contributed by atoms with Crippen LogP contribution < -0.4 is 21.0 Å². The second-order valence-electron chi connectivity index (χ2n) is 4.70. The van der Waals surface area contributed by atoms with E-state index >= 15 is 0 Å². The van der Waals surface area contributed by atoms with Gasteiger partial charge in [0.05, 0.1) is 13.3 Å². The maximum Gasteiger partial charge on any atom is 0.329 e. The molecule has 8 heteroatoms. The van der Waals surface area contributed by atoms with Crippen molar-refractivity contribution < 1.29 is 4.74 Å². The first kappa shape index (κ1) is 17.0. The summed E-state index contributed by atoms with van der Waals surface area (Å²) in [6.45, 7) is 2.35. The number of aromatic nitrogens is 2. The molecular weight excluding hydrogens is 364 g/mol. The van der Waals surface area contributed by atoms with Gasteiger partial charge in [0.2, 0.25) is 0 Å². The number of H-pyrrole nitrogens is 1. The average Bonchev–Trinajstić information content (AvgIpc) is 2.53. The highest BCUT2D eigenvalue weighted by Crippen LogP contribution is 2.21. The highest BCUT2D eigenvalue weighted by molar-refractivity contribution is 9.10. The number of halogens is 1. The Bertz CT molecular complexity index is 810. The molecule has 23 heavy (non-hydrogen) atoms. The molecule has 0 unspecified atom stereocenters. The van der Waals surface area contributed by atoms with Crippen molar-refractivity contribution in [3.05, 3.63) is 55.1 Å². The van der Waals surface area contributed by atoms with Gasteiger partial charge in [-0.25, -0.2) is 9.80 Å². The summed E-state index contributed by atoms with van der Waals surface area (Å²) in [6, 6.07) is 6.89. The Kier molecular flexibility index (Phi) is 5.38. The van der Waals surface area contributed by atoms with Gasteiger partial charge in [-0.1, -0.05) is 15.9 Å². The maximum atomic E-state index is 11.7. The first-order chi connectivity index (χ1) is 11.0. The number of hydrogen-bond donors (Lipinski definition) is 1. The van der Waals surface area contributed by atoms with Crippen LogP contribution in [-0.2, 0) is 7.05 Å². The largest absolute Gasteiger partial charge is 0.496 e. The first-order valence-corrected chi connectivity index (χ1v) is 7.71. The quantitative estimate of drug-likeness (QED) is 0.632. The van der Waals surface area contributed by atoms with Crippen LogP contribution in [0.3, 0.4) is 0 Å². The van der Waals surface area contributed by atoms with Crippen molar-refractivity contribution in [2.45, 2.75) is 6.92 Å². The lowest BCUT2D eigenvalue weighted by Crippen LogP contribution is -2.34. The molecule has 0 atom stereocenters. The van der Waals surface area contributed by atoms with Crippen molar-refractivity contribution >= 4 is 28.0 Å². The Balaban J connectivity index is 2.38. The van der Waals surface area contributed by atoms with Gasteiger partial charge in [-0.15, -0.1) is 0 Å². The minimum Gasteiger partial charge on any atom is -0.496 e. The molecule has 122 valence electrons. The lowest BCUT2D eigenvalue weighted by molar-refractivity contribution is 0.414. The van der Waals surface area contributed by atoms with E-state index in [1.165, 1.54) is 18.1 Å². The zero-order chi connectivity index (χ0) is 17.0. The van der Waals surface area contributed by atoms with Crippen LogP contribution in [-0.4, -0.2) is 29.4 Å². The molecule has 2 aromatic rings. The van der Waals surface area contributed by atoms with Crippen molar-refractivity contribution in [2.75, 3.05) is 18.7 Å². The number of benzene rings is 1. The molecule has 1 aromatic heterocycles. The van der Waals surface area contributed by atoms with Gasteiger partial charge in [0, 0.05) is 29.7 Å². The minimum atomic E-state index is -0.485. The van der Waals surface area contributed by atoms with Crippen LogP contribution in [0.25, 0.3) is 0 Å². The molecule has 1 heterocycles. The monoisotopic (exact) mass is 380 g/mol. The normalized spacial score (nSPS) is 11.0. The van der Waals surface area contributed by atoms with Crippen LogP contribution in [0.5, 0.6) is 5.75 Å². The third-order valence-electron chi connectivity index (χ3n) is 3.24. The Hall–Kier alpha value is -2.35. The molecule has 0 fully saturated rings. The number of anilines is 1. The van der Waals surface area contributed by atoms with Gasteiger partial charge in [0.25, 0.3) is 5.56 Å². The molecular formula is C15H17BrN4O3. The summed E-state index contributed by atoms with van der Waals surface area (Å²) in [6.07, 6.45) is 1.61. The Morgan fingerprint density at radius 2 is 2.13 bits per heavy atom. The van der Waals surface area contributed by atoms with Crippen molar-refractivity contribution in [2.24, 2.45) is 12.1 Å². The van der Waals surface area contributed by atoms with E-state index in [1.807, 2.05) is 25.1 Å². The molecule has 0 amide bonds. The summed E-state index contributed by atoms with van der Waals surface area (Å²) in [5.74, 6) is 1.01. The topological polar surface area (TPSA) is 79.7 Å². The van der Waals surface area contributed by atoms with E-state index in [0.717, 1.165) is 14.6 Å². The van der Waals surface area contributed by atoms with Gasteiger partial charge < -0.3 is 4.74 Å². The molecule has 0 radical (unpaired) electrons. The maximum absolute atomic E-state index is 11.7. The predicted octanol–water partition coefficient (Wildman–Crippen LogP) is 1.71. The minimum absolute atomic E-state index is 0.339. The van der Waals surface area contributed by atoms with Crippen molar-refractivity contribution in [1.29, 1.82) is 0 Å². The second kappa shape index (κ2) is 7.28. The summed E-state index contributed by atoms with van der Waals surface area (Å²) in [4.78, 5) is 26.1. The fourth-order valence-electron chi connectivity index (χ4n) is 1.93. The zero-order valence-electron chi connectivity index (χ0n) is 13.0. The molecule has 0 aliphatic carbocycles. The molecule has 1 aromatic carbocycles. The smallest absolute Gasteiger partial charge is 0.329 e. The van der Waals surface area contributed by atoms with Gasteiger partial charge in [-0.3, -0.25) is 14.3 Å². The number of ether oxygens (including phenoxy) is 1. The Morgan fingerprint density at radius 3 is 2.74 bits per heavy atom. The zero-order valence-corrected chi connectivity index (χ0v) is 14.6. The number of methoxy groups -OCH3 is 1. The number of nitrogens with one attached hydrogen (secondary N) is 1. The van der Waals surface area contributed by atoms with E-state index in [4.69, 9.17) is 4.74 Å². The van der Waals surface area contributed by atoms with Crippen LogP contribution >= 0.6 is 15.9 Å². The summed E-state index contributed by atoms with van der Waals surface area (Å²) < 4.78 is 7.18. The van der Waals surface area contributed by atoms with Gasteiger partial charge in [0.15, 0.2) is 0 Å². The van der Waals surface area contributed by atoms with Crippen molar-refractivity contribution in [1.82, 2.24) is 9.55 Å². The molecule has 0 aliphatic heterocycles. The van der Waals surface area contributed by atoms with Gasteiger partial charge in [-0.05, 0) is 25.1 Å². The molecule has 0 saturated carbocycles. The summed E-state index contributed by atoms with van der Waals surface area (Å²) in [5, 5.41) is 5.86. The third-order valence-corrected chi connectivity index (χ3v) is 3.73. The standard InChI is InChI=1S/C15H17BrN4O3/c1-4-20(13-8-14(21)19(2)15(22)18-13)17-9-10-7-11(16)5-6-12(10)23-3/h5-9H,4H2,1-3H3,(H,18,22)/b17-9+. The summed E-state index contributed by atoms with van der Waals surface area (Å²) in [5.41, 5.74) is -0.106. The Morgan fingerprint density at radius 1 is 1.39 bits per heavy atom. The second-order valence-corrected chi connectivity index (χ2v) is 5.62. The Labute approximate surface area is 141 Å². The molecule has 2 rings (SSSR count). The van der Waals surface area contributed by atoms with Gasteiger partial charge in [-0.2, -0.15) is 5.10 Å².